The summed E-state index contributed by atoms with van der Waals surface area (Å²) in [5.74, 6) is 0.357. The monoisotopic (exact) mass is 219 g/mol. The number of nitrogens with zero attached hydrogens (tertiary/aromatic N) is 5. The maximum atomic E-state index is 4.89. The second-order valence-corrected chi connectivity index (χ2v) is 4.04. The van der Waals surface area contributed by atoms with Crippen molar-refractivity contribution in [3.05, 3.63) is 17.5 Å². The Bertz CT molecular complexity index is 603. The zero-order valence-electron chi connectivity index (χ0n) is 7.71. The zero-order chi connectivity index (χ0) is 10.3. The smallest absolute Gasteiger partial charge is 0.277 e. The van der Waals surface area contributed by atoms with E-state index in [9.17, 15) is 0 Å². The first-order valence-electron chi connectivity index (χ1n) is 4.20. The second-order valence-electron chi connectivity index (χ2n) is 2.86. The van der Waals surface area contributed by atoms with Gasteiger partial charge in [0.25, 0.3) is 5.89 Å². The fraction of sp³-hybridized carbons (Fsp3) is 0.125. The number of thiazole rings is 1. The van der Waals surface area contributed by atoms with Crippen LogP contribution in [0.3, 0.4) is 0 Å². The van der Waals surface area contributed by atoms with Crippen LogP contribution >= 0.6 is 11.3 Å². The molecule has 0 saturated heterocycles. The van der Waals surface area contributed by atoms with Crippen molar-refractivity contribution in [2.45, 2.75) is 6.92 Å². The lowest BCUT2D eigenvalue weighted by Gasteiger charge is -1.91. The van der Waals surface area contributed by atoms with Crippen molar-refractivity contribution >= 4 is 21.8 Å². The quantitative estimate of drug-likeness (QED) is 0.616. The molecular weight excluding hydrogens is 214 g/mol. The molecule has 3 rings (SSSR count). The molecule has 3 aromatic rings. The van der Waals surface area contributed by atoms with E-state index in [0.29, 0.717) is 17.2 Å². The van der Waals surface area contributed by atoms with Gasteiger partial charge in [0.15, 0.2) is 16.8 Å². The average molecular weight is 219 g/mol. The Balaban J connectivity index is 2.21. The van der Waals surface area contributed by atoms with E-state index in [-0.39, 0.29) is 0 Å². The van der Waals surface area contributed by atoms with Gasteiger partial charge in [-0.1, -0.05) is 16.5 Å². The van der Waals surface area contributed by atoms with Crippen LogP contribution < -0.4 is 0 Å². The van der Waals surface area contributed by atoms with Crippen LogP contribution in [-0.2, 0) is 0 Å². The Hall–Kier alpha value is -1.89. The second kappa shape index (κ2) is 3.06. The molecule has 0 fully saturated rings. The van der Waals surface area contributed by atoms with Crippen LogP contribution in [0.4, 0.5) is 0 Å². The predicted octanol–water partition coefficient (Wildman–Crippen LogP) is 1.44. The van der Waals surface area contributed by atoms with Crippen molar-refractivity contribution in [1.82, 2.24) is 25.1 Å². The van der Waals surface area contributed by atoms with Crippen molar-refractivity contribution in [3.8, 4) is 11.6 Å². The molecule has 0 aliphatic carbocycles. The Morgan fingerprint density at radius 1 is 1.27 bits per heavy atom. The van der Waals surface area contributed by atoms with E-state index in [1.165, 1.54) is 17.7 Å². The molecule has 7 heteroatoms. The normalized spacial score (nSPS) is 11.0. The van der Waals surface area contributed by atoms with Crippen LogP contribution in [0.5, 0.6) is 0 Å². The molecule has 74 valence electrons. The molecule has 3 heterocycles. The zero-order valence-corrected chi connectivity index (χ0v) is 8.52. The minimum atomic E-state index is 0.357. The van der Waals surface area contributed by atoms with Gasteiger partial charge >= 0.3 is 0 Å². The third-order valence-electron chi connectivity index (χ3n) is 1.81. The van der Waals surface area contributed by atoms with Gasteiger partial charge in [-0.25, -0.2) is 15.0 Å². The fourth-order valence-electron chi connectivity index (χ4n) is 1.21. The number of aromatic nitrogens is 5. The third kappa shape index (κ3) is 1.37. The predicted molar refractivity (Wildman–Crippen MR) is 53.2 cm³/mol. The van der Waals surface area contributed by atoms with Crippen LogP contribution in [0.15, 0.2) is 17.0 Å². The summed E-state index contributed by atoms with van der Waals surface area (Å²) < 4.78 is 4.89. The highest BCUT2D eigenvalue weighted by Gasteiger charge is 2.09. The molecule has 0 unspecified atom stereocenters. The summed E-state index contributed by atoms with van der Waals surface area (Å²) in [5, 5.41) is 4.45. The Labute approximate surface area is 88.0 Å². The number of hydrogen-bond acceptors (Lipinski definition) is 7. The third-order valence-corrected chi connectivity index (χ3v) is 2.68. The summed E-state index contributed by atoms with van der Waals surface area (Å²) >= 11 is 1.51. The lowest BCUT2D eigenvalue weighted by Crippen LogP contribution is -1.86. The SMILES string of the molecule is Cc1nc2nc(-c3ncno3)cnc2s1. The maximum absolute atomic E-state index is 4.89. The maximum Gasteiger partial charge on any atom is 0.277 e. The summed E-state index contributed by atoms with van der Waals surface area (Å²) in [6.07, 6.45) is 2.93. The molecule has 0 radical (unpaired) electrons. The van der Waals surface area contributed by atoms with Crippen molar-refractivity contribution in [2.24, 2.45) is 0 Å². The molecule has 3 aromatic heterocycles. The van der Waals surface area contributed by atoms with Gasteiger partial charge in [-0.15, -0.1) is 0 Å². The summed E-state index contributed by atoms with van der Waals surface area (Å²) in [5.41, 5.74) is 1.17. The van der Waals surface area contributed by atoms with Crippen LogP contribution in [0, 0.1) is 6.92 Å². The van der Waals surface area contributed by atoms with Gasteiger partial charge in [-0.05, 0) is 6.92 Å². The van der Waals surface area contributed by atoms with Gasteiger partial charge in [0.2, 0.25) is 0 Å². The molecule has 0 N–H and O–H groups in total. The van der Waals surface area contributed by atoms with E-state index in [2.05, 4.69) is 25.1 Å². The van der Waals surface area contributed by atoms with Crippen molar-refractivity contribution in [2.75, 3.05) is 0 Å². The summed E-state index contributed by atoms with van der Waals surface area (Å²) in [6, 6.07) is 0. The largest absolute Gasteiger partial charge is 0.332 e. The average Bonchev–Trinajstić information content (AvgIpc) is 2.82. The van der Waals surface area contributed by atoms with Gasteiger partial charge in [0, 0.05) is 0 Å². The van der Waals surface area contributed by atoms with E-state index in [4.69, 9.17) is 4.52 Å². The van der Waals surface area contributed by atoms with Crippen LogP contribution in [0.25, 0.3) is 22.1 Å². The van der Waals surface area contributed by atoms with Gasteiger partial charge in [0.05, 0.1) is 11.2 Å². The lowest BCUT2D eigenvalue weighted by atomic mass is 10.4. The van der Waals surface area contributed by atoms with Crippen molar-refractivity contribution in [1.29, 1.82) is 0 Å². The van der Waals surface area contributed by atoms with E-state index in [1.807, 2.05) is 6.92 Å². The molecule has 0 aromatic carbocycles. The Morgan fingerprint density at radius 2 is 2.20 bits per heavy atom. The van der Waals surface area contributed by atoms with Crippen molar-refractivity contribution in [3.63, 3.8) is 0 Å². The van der Waals surface area contributed by atoms with E-state index >= 15 is 0 Å². The van der Waals surface area contributed by atoms with Gasteiger partial charge < -0.3 is 4.52 Å². The van der Waals surface area contributed by atoms with Gasteiger partial charge in [-0.2, -0.15) is 4.98 Å². The summed E-state index contributed by atoms with van der Waals surface area (Å²) in [6.45, 7) is 1.92. The molecule has 0 aliphatic heterocycles. The fourth-order valence-corrected chi connectivity index (χ4v) is 1.91. The van der Waals surface area contributed by atoms with Gasteiger partial charge in [0.1, 0.15) is 5.69 Å². The van der Waals surface area contributed by atoms with Gasteiger partial charge in [-0.3, -0.25) is 0 Å². The molecule has 0 spiro atoms. The lowest BCUT2D eigenvalue weighted by molar-refractivity contribution is 0.429. The molecule has 0 bridgehead atoms. The minimum absolute atomic E-state index is 0.357. The molecule has 6 nitrogen and oxygen atoms in total. The molecule has 0 amide bonds. The van der Waals surface area contributed by atoms with Crippen LogP contribution in [0.1, 0.15) is 5.01 Å². The van der Waals surface area contributed by atoms with E-state index in [1.54, 1.807) is 6.20 Å². The Morgan fingerprint density at radius 3 is 3.00 bits per heavy atom. The van der Waals surface area contributed by atoms with E-state index < -0.39 is 0 Å². The molecule has 15 heavy (non-hydrogen) atoms. The highest BCUT2D eigenvalue weighted by molar-refractivity contribution is 7.18. The molecule has 0 saturated carbocycles. The standard InChI is InChI=1S/C8H5N5OS/c1-4-12-6-8(15-4)9-2-5(13-6)7-10-3-11-14-7/h2-3H,1H3. The number of rotatable bonds is 1. The summed E-state index contributed by atoms with van der Waals surface area (Å²) in [4.78, 5) is 17.5. The van der Waals surface area contributed by atoms with E-state index in [0.717, 1.165) is 9.84 Å². The molecular formula is C8H5N5OS. The molecule has 0 atom stereocenters. The number of hydrogen-bond donors (Lipinski definition) is 0. The minimum Gasteiger partial charge on any atom is -0.332 e. The number of fused-ring (bicyclic) bond motifs is 1. The van der Waals surface area contributed by atoms with Crippen molar-refractivity contribution < 1.29 is 4.52 Å². The first-order chi connectivity index (χ1) is 7.33. The molecule has 0 aliphatic rings. The summed E-state index contributed by atoms with van der Waals surface area (Å²) in [7, 11) is 0. The highest BCUT2D eigenvalue weighted by Crippen LogP contribution is 2.20. The van der Waals surface area contributed by atoms with Crippen LogP contribution in [-0.4, -0.2) is 25.1 Å². The highest BCUT2D eigenvalue weighted by atomic mass is 32.1. The first-order valence-corrected chi connectivity index (χ1v) is 5.02. The first kappa shape index (κ1) is 8.42. The Kier molecular flexibility index (Phi) is 1.72. The van der Waals surface area contributed by atoms with Crippen LogP contribution in [0.2, 0.25) is 0 Å². The number of aryl methyl sites for hydroxylation is 1. The topological polar surface area (TPSA) is 77.6 Å².